The van der Waals surface area contributed by atoms with E-state index in [0.29, 0.717) is 0 Å². The van der Waals surface area contributed by atoms with Gasteiger partial charge in [-0.2, -0.15) is 0 Å². The van der Waals surface area contributed by atoms with Crippen molar-refractivity contribution in [3.05, 3.63) is 92.9 Å². The van der Waals surface area contributed by atoms with E-state index in [-0.39, 0.29) is 0 Å². The third-order valence-electron chi connectivity index (χ3n) is 3.70. The van der Waals surface area contributed by atoms with Gasteiger partial charge in [-0.05, 0) is 59.7 Å². The van der Waals surface area contributed by atoms with Gasteiger partial charge in [0.05, 0.1) is 0 Å². The molecule has 0 amide bonds. The number of hydrogen-bond acceptors (Lipinski definition) is 2. The highest BCUT2D eigenvalue weighted by Crippen LogP contribution is 2.17. The standard InChI is InChI=1S/C20H18Br2N2/c21-17-5-9-19(10-6-17)23-13-15-1-2-16(4-3-15)14-24-20-11-7-18(22)8-12-20/h1-12,23-24H,13-14H2. The van der Waals surface area contributed by atoms with Crippen LogP contribution in [0.15, 0.2) is 81.7 Å². The summed E-state index contributed by atoms with van der Waals surface area (Å²) in [5.74, 6) is 0. The van der Waals surface area contributed by atoms with Crippen LogP contribution >= 0.6 is 31.9 Å². The Morgan fingerprint density at radius 1 is 0.500 bits per heavy atom. The first-order valence-corrected chi connectivity index (χ1v) is 9.34. The lowest BCUT2D eigenvalue weighted by Gasteiger charge is -2.09. The summed E-state index contributed by atoms with van der Waals surface area (Å²) in [5.41, 5.74) is 4.79. The second-order valence-electron chi connectivity index (χ2n) is 5.54. The SMILES string of the molecule is Brc1ccc(NCc2ccc(CNc3ccc(Br)cc3)cc2)cc1. The molecule has 0 spiro atoms. The van der Waals surface area contributed by atoms with Crippen molar-refractivity contribution < 1.29 is 0 Å². The monoisotopic (exact) mass is 444 g/mol. The maximum atomic E-state index is 3.45. The molecule has 24 heavy (non-hydrogen) atoms. The lowest BCUT2D eigenvalue weighted by Crippen LogP contribution is -2.01. The molecule has 0 saturated carbocycles. The summed E-state index contributed by atoms with van der Waals surface area (Å²) in [5, 5.41) is 6.86. The molecule has 122 valence electrons. The van der Waals surface area contributed by atoms with Crippen molar-refractivity contribution in [2.24, 2.45) is 0 Å². The minimum Gasteiger partial charge on any atom is -0.381 e. The summed E-state index contributed by atoms with van der Waals surface area (Å²) in [6, 6.07) is 25.1. The molecule has 0 aliphatic rings. The fourth-order valence-electron chi connectivity index (χ4n) is 2.32. The van der Waals surface area contributed by atoms with Crippen molar-refractivity contribution >= 4 is 43.2 Å². The van der Waals surface area contributed by atoms with Gasteiger partial charge in [-0.3, -0.25) is 0 Å². The van der Waals surface area contributed by atoms with E-state index < -0.39 is 0 Å². The maximum absolute atomic E-state index is 3.45. The highest BCUT2D eigenvalue weighted by molar-refractivity contribution is 9.10. The van der Waals surface area contributed by atoms with Gasteiger partial charge in [0.1, 0.15) is 0 Å². The van der Waals surface area contributed by atoms with Crippen LogP contribution in [0.1, 0.15) is 11.1 Å². The molecule has 3 rings (SSSR count). The van der Waals surface area contributed by atoms with Crippen LogP contribution in [-0.4, -0.2) is 0 Å². The van der Waals surface area contributed by atoms with Gasteiger partial charge in [0.25, 0.3) is 0 Å². The van der Waals surface area contributed by atoms with E-state index >= 15 is 0 Å². The molecule has 0 heterocycles. The number of halogens is 2. The molecule has 3 aromatic rings. The Morgan fingerprint density at radius 2 is 0.833 bits per heavy atom. The van der Waals surface area contributed by atoms with Gasteiger partial charge in [0.2, 0.25) is 0 Å². The summed E-state index contributed by atoms with van der Waals surface area (Å²) in [6.45, 7) is 1.64. The second-order valence-corrected chi connectivity index (χ2v) is 7.37. The van der Waals surface area contributed by atoms with E-state index in [9.17, 15) is 0 Å². The van der Waals surface area contributed by atoms with E-state index in [0.717, 1.165) is 33.4 Å². The summed E-state index contributed by atoms with van der Waals surface area (Å²) in [4.78, 5) is 0. The summed E-state index contributed by atoms with van der Waals surface area (Å²) in [6.07, 6.45) is 0. The van der Waals surface area contributed by atoms with E-state index in [1.54, 1.807) is 0 Å². The van der Waals surface area contributed by atoms with E-state index in [2.05, 4.69) is 91.0 Å². The molecule has 0 aliphatic heterocycles. The molecule has 0 atom stereocenters. The topological polar surface area (TPSA) is 24.1 Å². The summed E-state index contributed by atoms with van der Waals surface area (Å²) in [7, 11) is 0. The Labute approximate surface area is 159 Å². The number of hydrogen-bond donors (Lipinski definition) is 2. The van der Waals surface area contributed by atoms with E-state index in [4.69, 9.17) is 0 Å². The van der Waals surface area contributed by atoms with Crippen molar-refractivity contribution in [1.82, 2.24) is 0 Å². The van der Waals surface area contributed by atoms with Gasteiger partial charge in [-0.1, -0.05) is 56.1 Å². The Kier molecular flexibility index (Phi) is 5.94. The van der Waals surface area contributed by atoms with Crippen LogP contribution in [0.3, 0.4) is 0 Å². The van der Waals surface area contributed by atoms with Crippen molar-refractivity contribution in [3.8, 4) is 0 Å². The van der Waals surface area contributed by atoms with Crippen LogP contribution in [-0.2, 0) is 13.1 Å². The molecule has 0 bridgehead atoms. The van der Waals surface area contributed by atoms with Gasteiger partial charge in [-0.15, -0.1) is 0 Å². The zero-order valence-corrected chi connectivity index (χ0v) is 16.3. The fourth-order valence-corrected chi connectivity index (χ4v) is 2.85. The third kappa shape index (κ3) is 5.11. The first-order valence-electron chi connectivity index (χ1n) is 7.76. The van der Waals surface area contributed by atoms with Gasteiger partial charge in [-0.25, -0.2) is 0 Å². The lowest BCUT2D eigenvalue weighted by atomic mass is 10.1. The largest absolute Gasteiger partial charge is 0.381 e. The number of nitrogens with one attached hydrogen (secondary N) is 2. The van der Waals surface area contributed by atoms with Crippen LogP contribution in [0.4, 0.5) is 11.4 Å². The highest BCUT2D eigenvalue weighted by Gasteiger charge is 1.97. The molecular weight excluding hydrogens is 428 g/mol. The maximum Gasteiger partial charge on any atom is 0.0400 e. The number of benzene rings is 3. The predicted molar refractivity (Wildman–Crippen MR) is 109 cm³/mol. The fraction of sp³-hybridized carbons (Fsp3) is 0.100. The first-order chi connectivity index (χ1) is 11.7. The minimum absolute atomic E-state index is 0.821. The Hall–Kier alpha value is -1.78. The predicted octanol–water partition coefficient (Wildman–Crippen LogP) is 6.44. The van der Waals surface area contributed by atoms with Crippen LogP contribution in [0.2, 0.25) is 0 Å². The van der Waals surface area contributed by atoms with Crippen LogP contribution in [0, 0.1) is 0 Å². The normalized spacial score (nSPS) is 10.4. The summed E-state index contributed by atoms with van der Waals surface area (Å²) < 4.78 is 2.19. The molecular formula is C20H18Br2N2. The zero-order valence-electron chi connectivity index (χ0n) is 13.1. The molecule has 0 fully saturated rings. The van der Waals surface area contributed by atoms with Crippen LogP contribution in [0.5, 0.6) is 0 Å². The molecule has 0 unspecified atom stereocenters. The first kappa shape index (κ1) is 17.1. The molecule has 0 aromatic heterocycles. The van der Waals surface area contributed by atoms with Gasteiger partial charge >= 0.3 is 0 Å². The minimum atomic E-state index is 0.821. The van der Waals surface area contributed by atoms with E-state index in [1.807, 2.05) is 24.3 Å². The van der Waals surface area contributed by atoms with Crippen molar-refractivity contribution in [2.45, 2.75) is 13.1 Å². The second kappa shape index (κ2) is 8.36. The Bertz CT molecular complexity index is 698. The molecule has 4 heteroatoms. The molecule has 0 saturated heterocycles. The number of anilines is 2. The van der Waals surface area contributed by atoms with Crippen molar-refractivity contribution in [3.63, 3.8) is 0 Å². The highest BCUT2D eigenvalue weighted by atomic mass is 79.9. The van der Waals surface area contributed by atoms with Gasteiger partial charge < -0.3 is 10.6 Å². The lowest BCUT2D eigenvalue weighted by molar-refractivity contribution is 1.11. The summed E-state index contributed by atoms with van der Waals surface area (Å²) >= 11 is 6.90. The number of rotatable bonds is 6. The Morgan fingerprint density at radius 3 is 1.17 bits per heavy atom. The zero-order chi connectivity index (χ0) is 16.8. The quantitative estimate of drug-likeness (QED) is 0.456. The smallest absolute Gasteiger partial charge is 0.0400 e. The molecule has 0 radical (unpaired) electrons. The van der Waals surface area contributed by atoms with Gasteiger partial charge in [0.15, 0.2) is 0 Å². The third-order valence-corrected chi connectivity index (χ3v) is 4.76. The van der Waals surface area contributed by atoms with Crippen LogP contribution < -0.4 is 10.6 Å². The molecule has 2 N–H and O–H groups in total. The van der Waals surface area contributed by atoms with Crippen LogP contribution in [0.25, 0.3) is 0 Å². The Balaban J connectivity index is 1.51. The average molecular weight is 446 g/mol. The van der Waals surface area contributed by atoms with Gasteiger partial charge in [0, 0.05) is 33.4 Å². The van der Waals surface area contributed by atoms with Crippen molar-refractivity contribution in [1.29, 1.82) is 0 Å². The van der Waals surface area contributed by atoms with Crippen molar-refractivity contribution in [2.75, 3.05) is 10.6 Å². The average Bonchev–Trinajstić information content (AvgIpc) is 2.62. The van der Waals surface area contributed by atoms with E-state index in [1.165, 1.54) is 11.1 Å². The molecule has 0 aliphatic carbocycles. The molecule has 3 aromatic carbocycles. The molecule has 2 nitrogen and oxygen atoms in total.